The standard InChI is InChI=1S/C15H6ClF3N2O/c16-7-2-1-3-8(4-7)21-11(6-20)9-5-10(17)13(18)14(19)12(9)15(21)22/h1-5,11H. The minimum Gasteiger partial charge on any atom is -0.287 e. The number of anilines is 1. The third-order valence-corrected chi connectivity index (χ3v) is 3.62. The van der Waals surface area contributed by atoms with E-state index in [9.17, 15) is 23.2 Å². The smallest absolute Gasteiger partial charge is 0.263 e. The molecule has 0 saturated heterocycles. The highest BCUT2D eigenvalue weighted by Crippen LogP contribution is 2.40. The lowest BCUT2D eigenvalue weighted by atomic mass is 10.0. The minimum absolute atomic E-state index is 0.205. The molecule has 3 rings (SSSR count). The average molecular weight is 323 g/mol. The Morgan fingerprint density at radius 3 is 2.55 bits per heavy atom. The molecule has 0 aromatic heterocycles. The van der Waals surface area contributed by atoms with Gasteiger partial charge in [0.05, 0.1) is 11.6 Å². The predicted octanol–water partition coefficient (Wildman–Crippen LogP) is 3.98. The molecule has 22 heavy (non-hydrogen) atoms. The van der Waals surface area contributed by atoms with Crippen LogP contribution in [0.4, 0.5) is 18.9 Å². The molecule has 0 radical (unpaired) electrons. The first-order valence-electron chi connectivity index (χ1n) is 6.12. The van der Waals surface area contributed by atoms with Crippen LogP contribution in [0.15, 0.2) is 30.3 Å². The van der Waals surface area contributed by atoms with Gasteiger partial charge in [-0.25, -0.2) is 13.2 Å². The minimum atomic E-state index is -1.74. The zero-order valence-electron chi connectivity index (χ0n) is 10.8. The van der Waals surface area contributed by atoms with Crippen LogP contribution in [0.2, 0.25) is 5.02 Å². The summed E-state index contributed by atoms with van der Waals surface area (Å²) >= 11 is 5.84. The second-order valence-corrected chi connectivity index (χ2v) is 5.07. The van der Waals surface area contributed by atoms with Crippen LogP contribution in [0.1, 0.15) is 22.0 Å². The number of halogens is 4. The molecule has 1 atom stereocenters. The molecule has 1 aliphatic heterocycles. The Kier molecular flexibility index (Phi) is 3.30. The van der Waals surface area contributed by atoms with Gasteiger partial charge in [0.15, 0.2) is 23.5 Å². The number of benzene rings is 2. The van der Waals surface area contributed by atoms with Gasteiger partial charge in [0.1, 0.15) is 0 Å². The van der Waals surface area contributed by atoms with Crippen molar-refractivity contribution in [3.8, 4) is 6.07 Å². The molecule has 2 aromatic rings. The van der Waals surface area contributed by atoms with Crippen molar-refractivity contribution in [1.82, 2.24) is 0 Å². The second kappa shape index (κ2) is 5.04. The van der Waals surface area contributed by atoms with Crippen molar-refractivity contribution in [1.29, 1.82) is 5.26 Å². The first kappa shape index (κ1) is 14.4. The van der Waals surface area contributed by atoms with Crippen molar-refractivity contribution < 1.29 is 18.0 Å². The molecular formula is C15H6ClF3N2O. The van der Waals surface area contributed by atoms with Gasteiger partial charge < -0.3 is 0 Å². The quantitative estimate of drug-likeness (QED) is 0.745. The Morgan fingerprint density at radius 2 is 1.91 bits per heavy atom. The summed E-state index contributed by atoms with van der Waals surface area (Å²) in [6.07, 6.45) is 0. The lowest BCUT2D eigenvalue weighted by molar-refractivity contribution is 0.0990. The van der Waals surface area contributed by atoms with E-state index in [-0.39, 0.29) is 11.3 Å². The molecule has 2 aromatic carbocycles. The lowest BCUT2D eigenvalue weighted by Gasteiger charge is -2.20. The Hall–Kier alpha value is -2.52. The van der Waals surface area contributed by atoms with Crippen molar-refractivity contribution in [3.05, 3.63) is 63.9 Å². The molecule has 0 aliphatic carbocycles. The van der Waals surface area contributed by atoms with Gasteiger partial charge in [-0.1, -0.05) is 17.7 Å². The highest BCUT2D eigenvalue weighted by molar-refractivity contribution is 6.31. The molecule has 1 unspecified atom stereocenters. The fraction of sp³-hybridized carbons (Fsp3) is 0.0667. The van der Waals surface area contributed by atoms with Crippen molar-refractivity contribution in [2.24, 2.45) is 0 Å². The van der Waals surface area contributed by atoms with Crippen molar-refractivity contribution >= 4 is 23.2 Å². The van der Waals surface area contributed by atoms with Crippen LogP contribution >= 0.6 is 11.6 Å². The molecule has 110 valence electrons. The zero-order chi connectivity index (χ0) is 16.0. The Bertz CT molecular complexity index is 847. The monoisotopic (exact) mass is 322 g/mol. The molecule has 0 saturated carbocycles. The van der Waals surface area contributed by atoms with E-state index in [1.54, 1.807) is 18.2 Å². The number of hydrogen-bond donors (Lipinski definition) is 0. The molecule has 1 heterocycles. The van der Waals surface area contributed by atoms with Crippen LogP contribution in [0.3, 0.4) is 0 Å². The molecule has 7 heteroatoms. The summed E-state index contributed by atoms with van der Waals surface area (Å²) in [6.45, 7) is 0. The van der Waals surface area contributed by atoms with Crippen molar-refractivity contribution in [2.45, 2.75) is 6.04 Å². The summed E-state index contributed by atoms with van der Waals surface area (Å²) in [5, 5.41) is 9.57. The molecule has 0 fully saturated rings. The first-order chi connectivity index (χ1) is 10.5. The molecule has 0 spiro atoms. The summed E-state index contributed by atoms with van der Waals surface area (Å²) in [6, 6.07) is 7.20. The summed E-state index contributed by atoms with van der Waals surface area (Å²) in [5.41, 5.74) is -0.602. The van der Waals surface area contributed by atoms with Gasteiger partial charge in [-0.2, -0.15) is 5.26 Å². The Balaban J connectivity index is 2.23. The van der Waals surface area contributed by atoms with Crippen LogP contribution in [0.25, 0.3) is 0 Å². The first-order valence-corrected chi connectivity index (χ1v) is 6.49. The van der Waals surface area contributed by atoms with E-state index in [0.29, 0.717) is 11.1 Å². The molecule has 0 bridgehead atoms. The van der Waals surface area contributed by atoms with Gasteiger partial charge in [0, 0.05) is 16.3 Å². The normalized spacial score (nSPS) is 16.6. The van der Waals surface area contributed by atoms with E-state index in [1.807, 2.05) is 0 Å². The van der Waals surface area contributed by atoms with E-state index in [0.717, 1.165) is 4.90 Å². The fourth-order valence-corrected chi connectivity index (χ4v) is 2.63. The van der Waals surface area contributed by atoms with Crippen LogP contribution in [-0.2, 0) is 0 Å². The maximum Gasteiger partial charge on any atom is 0.263 e. The number of carbonyl (C=O) groups excluding carboxylic acids is 1. The van der Waals surface area contributed by atoms with Crippen molar-refractivity contribution in [3.63, 3.8) is 0 Å². The fourth-order valence-electron chi connectivity index (χ4n) is 2.44. The average Bonchev–Trinajstić information content (AvgIpc) is 2.76. The summed E-state index contributed by atoms with van der Waals surface area (Å²) < 4.78 is 40.6. The molecular weight excluding hydrogens is 317 g/mol. The van der Waals surface area contributed by atoms with E-state index in [2.05, 4.69) is 0 Å². The number of rotatable bonds is 1. The van der Waals surface area contributed by atoms with Crippen LogP contribution in [-0.4, -0.2) is 5.91 Å². The topological polar surface area (TPSA) is 44.1 Å². The number of amides is 1. The third kappa shape index (κ3) is 1.94. The van der Waals surface area contributed by atoms with Crippen LogP contribution in [0.5, 0.6) is 0 Å². The van der Waals surface area contributed by atoms with Gasteiger partial charge in [-0.3, -0.25) is 9.69 Å². The maximum absolute atomic E-state index is 13.9. The number of carbonyl (C=O) groups is 1. The van der Waals surface area contributed by atoms with Crippen LogP contribution < -0.4 is 4.90 Å². The summed E-state index contributed by atoms with van der Waals surface area (Å²) in [5.74, 6) is -5.70. The van der Waals surface area contributed by atoms with Gasteiger partial charge >= 0.3 is 0 Å². The van der Waals surface area contributed by atoms with Gasteiger partial charge in [-0.15, -0.1) is 0 Å². The molecule has 3 nitrogen and oxygen atoms in total. The lowest BCUT2D eigenvalue weighted by Crippen LogP contribution is -2.27. The molecule has 1 amide bonds. The van der Waals surface area contributed by atoms with Gasteiger partial charge in [0.2, 0.25) is 0 Å². The largest absolute Gasteiger partial charge is 0.287 e. The van der Waals surface area contributed by atoms with Crippen molar-refractivity contribution in [2.75, 3.05) is 4.90 Å². The molecule has 0 N–H and O–H groups in total. The number of nitrogens with zero attached hydrogens (tertiary/aromatic N) is 2. The van der Waals surface area contributed by atoms with E-state index < -0.39 is 35.0 Å². The SMILES string of the molecule is N#CC1c2cc(F)c(F)c(F)c2C(=O)N1c1cccc(Cl)c1. The Labute approximate surface area is 128 Å². The van der Waals surface area contributed by atoms with Crippen LogP contribution in [0, 0.1) is 28.8 Å². The molecule has 1 aliphatic rings. The van der Waals surface area contributed by atoms with E-state index in [1.165, 1.54) is 12.1 Å². The van der Waals surface area contributed by atoms with Gasteiger partial charge in [-0.05, 0) is 24.3 Å². The highest BCUT2D eigenvalue weighted by atomic mass is 35.5. The maximum atomic E-state index is 13.9. The Morgan fingerprint density at radius 1 is 1.18 bits per heavy atom. The number of nitriles is 1. The number of fused-ring (bicyclic) bond motifs is 1. The summed E-state index contributed by atoms with van der Waals surface area (Å²) in [4.78, 5) is 13.3. The highest BCUT2D eigenvalue weighted by Gasteiger charge is 2.42. The predicted molar refractivity (Wildman–Crippen MR) is 72.9 cm³/mol. The third-order valence-electron chi connectivity index (χ3n) is 3.39. The number of hydrogen-bond acceptors (Lipinski definition) is 2. The zero-order valence-corrected chi connectivity index (χ0v) is 11.5. The van der Waals surface area contributed by atoms with E-state index in [4.69, 9.17) is 11.6 Å². The second-order valence-electron chi connectivity index (χ2n) is 4.64. The van der Waals surface area contributed by atoms with E-state index >= 15 is 0 Å². The van der Waals surface area contributed by atoms with Gasteiger partial charge in [0.25, 0.3) is 5.91 Å². The summed E-state index contributed by atoms with van der Waals surface area (Å²) in [7, 11) is 0.